The minimum atomic E-state index is -3.63. The fourth-order valence-corrected chi connectivity index (χ4v) is 4.14. The van der Waals surface area contributed by atoms with Gasteiger partial charge in [-0.1, -0.05) is 18.2 Å². The molecule has 0 bridgehead atoms. The van der Waals surface area contributed by atoms with Crippen molar-refractivity contribution in [3.63, 3.8) is 0 Å². The first-order valence-corrected chi connectivity index (χ1v) is 8.97. The van der Waals surface area contributed by atoms with Gasteiger partial charge in [-0.15, -0.1) is 0 Å². The van der Waals surface area contributed by atoms with Gasteiger partial charge >= 0.3 is 0 Å². The summed E-state index contributed by atoms with van der Waals surface area (Å²) in [6.45, 7) is 1.98. The number of hydrogen-bond acceptors (Lipinski definition) is 5. The number of anilines is 1. The third-order valence-corrected chi connectivity index (χ3v) is 5.96. The fraction of sp³-hybridized carbons (Fsp3) is 0.250. The standard InChI is InChI=1S/C16H17N3O4S/c20-19(21)15-6-8-16(9-7-15)24(22,23)18-12-10-17(11-13-18)14-4-2-1-3-5-14/h1-9H,10-13H2. The molecular formula is C16H17N3O4S. The minimum absolute atomic E-state index is 0.0845. The topological polar surface area (TPSA) is 83.8 Å². The number of nitro groups is 1. The van der Waals surface area contributed by atoms with E-state index in [0.717, 1.165) is 5.69 Å². The Labute approximate surface area is 140 Å². The van der Waals surface area contributed by atoms with Gasteiger partial charge in [0.25, 0.3) is 5.69 Å². The summed E-state index contributed by atoms with van der Waals surface area (Å²) in [5, 5.41) is 10.7. The maximum absolute atomic E-state index is 12.6. The Bertz CT molecular complexity index is 814. The normalized spacial score (nSPS) is 16.1. The largest absolute Gasteiger partial charge is 0.369 e. The quantitative estimate of drug-likeness (QED) is 0.625. The first-order valence-electron chi connectivity index (χ1n) is 7.53. The third kappa shape index (κ3) is 3.24. The lowest BCUT2D eigenvalue weighted by atomic mass is 10.2. The second-order valence-electron chi connectivity index (χ2n) is 5.48. The van der Waals surface area contributed by atoms with Crippen LogP contribution >= 0.6 is 0 Å². The Morgan fingerprint density at radius 3 is 2.00 bits per heavy atom. The molecule has 0 spiro atoms. The highest BCUT2D eigenvalue weighted by Crippen LogP contribution is 2.22. The highest BCUT2D eigenvalue weighted by Gasteiger charge is 2.28. The molecular weight excluding hydrogens is 330 g/mol. The van der Waals surface area contributed by atoms with E-state index in [1.165, 1.54) is 28.6 Å². The van der Waals surface area contributed by atoms with E-state index < -0.39 is 14.9 Å². The molecule has 3 rings (SSSR count). The van der Waals surface area contributed by atoms with Gasteiger partial charge in [-0.05, 0) is 24.3 Å². The van der Waals surface area contributed by atoms with Crippen LogP contribution in [0, 0.1) is 10.1 Å². The number of para-hydroxylation sites is 1. The van der Waals surface area contributed by atoms with Crippen molar-refractivity contribution in [2.75, 3.05) is 31.1 Å². The smallest absolute Gasteiger partial charge is 0.269 e. The summed E-state index contributed by atoms with van der Waals surface area (Å²) in [6, 6.07) is 14.9. The molecule has 1 saturated heterocycles. The number of sulfonamides is 1. The molecule has 0 unspecified atom stereocenters. The molecule has 0 aliphatic carbocycles. The molecule has 126 valence electrons. The maximum atomic E-state index is 12.6. The van der Waals surface area contributed by atoms with Gasteiger partial charge < -0.3 is 4.90 Å². The summed E-state index contributed by atoms with van der Waals surface area (Å²) in [5.74, 6) is 0. The monoisotopic (exact) mass is 347 g/mol. The molecule has 0 amide bonds. The van der Waals surface area contributed by atoms with E-state index in [9.17, 15) is 18.5 Å². The molecule has 0 atom stereocenters. The number of non-ortho nitro benzene ring substituents is 1. The molecule has 24 heavy (non-hydrogen) atoms. The summed E-state index contributed by atoms with van der Waals surface area (Å²) in [7, 11) is -3.63. The number of rotatable bonds is 4. The number of nitrogens with zero attached hydrogens (tertiary/aromatic N) is 3. The Morgan fingerprint density at radius 1 is 0.875 bits per heavy atom. The second-order valence-corrected chi connectivity index (χ2v) is 7.42. The van der Waals surface area contributed by atoms with Crippen LogP contribution in [0.5, 0.6) is 0 Å². The van der Waals surface area contributed by atoms with Crippen molar-refractivity contribution >= 4 is 21.4 Å². The van der Waals surface area contributed by atoms with E-state index in [2.05, 4.69) is 4.90 Å². The lowest BCUT2D eigenvalue weighted by Gasteiger charge is -2.35. The predicted octanol–water partition coefficient (Wildman–Crippen LogP) is 2.11. The van der Waals surface area contributed by atoms with Crippen molar-refractivity contribution in [2.24, 2.45) is 0 Å². The van der Waals surface area contributed by atoms with Gasteiger partial charge in [0.1, 0.15) is 0 Å². The van der Waals surface area contributed by atoms with Gasteiger partial charge in [-0.25, -0.2) is 8.42 Å². The van der Waals surface area contributed by atoms with Crippen molar-refractivity contribution < 1.29 is 13.3 Å². The summed E-state index contributed by atoms with van der Waals surface area (Å²) in [5.41, 5.74) is 0.952. The van der Waals surface area contributed by atoms with Crippen LogP contribution < -0.4 is 4.90 Å². The van der Waals surface area contributed by atoms with E-state index >= 15 is 0 Å². The van der Waals surface area contributed by atoms with Crippen molar-refractivity contribution in [1.29, 1.82) is 0 Å². The maximum Gasteiger partial charge on any atom is 0.269 e. The Hall–Kier alpha value is -2.45. The molecule has 2 aromatic rings. The zero-order chi connectivity index (χ0) is 17.2. The van der Waals surface area contributed by atoms with Gasteiger partial charge in [0.05, 0.1) is 9.82 Å². The average molecular weight is 347 g/mol. The first-order chi connectivity index (χ1) is 11.5. The summed E-state index contributed by atoms with van der Waals surface area (Å²) in [6.07, 6.45) is 0. The van der Waals surface area contributed by atoms with Crippen LogP contribution in [0.3, 0.4) is 0 Å². The Kier molecular flexibility index (Phi) is 4.50. The third-order valence-electron chi connectivity index (χ3n) is 4.05. The highest BCUT2D eigenvalue weighted by atomic mass is 32.2. The van der Waals surface area contributed by atoms with E-state index in [4.69, 9.17) is 0 Å². The fourth-order valence-electron chi connectivity index (χ4n) is 2.71. The number of hydrogen-bond donors (Lipinski definition) is 0. The first kappa shape index (κ1) is 16.4. The molecule has 1 aliphatic heterocycles. The Morgan fingerprint density at radius 2 is 1.46 bits per heavy atom. The molecule has 8 heteroatoms. The van der Waals surface area contributed by atoms with Crippen LogP contribution in [0.2, 0.25) is 0 Å². The van der Waals surface area contributed by atoms with Crippen LogP contribution in [0.4, 0.5) is 11.4 Å². The minimum Gasteiger partial charge on any atom is -0.369 e. The molecule has 0 aromatic heterocycles. The van der Waals surface area contributed by atoms with E-state index in [0.29, 0.717) is 26.2 Å². The van der Waals surface area contributed by atoms with Gasteiger partial charge in [0.2, 0.25) is 10.0 Å². The van der Waals surface area contributed by atoms with Gasteiger partial charge in [-0.3, -0.25) is 10.1 Å². The van der Waals surface area contributed by atoms with E-state index in [1.807, 2.05) is 30.3 Å². The molecule has 0 saturated carbocycles. The lowest BCUT2D eigenvalue weighted by molar-refractivity contribution is -0.384. The molecule has 1 aliphatic rings. The van der Waals surface area contributed by atoms with Crippen LogP contribution in [0.25, 0.3) is 0 Å². The van der Waals surface area contributed by atoms with Gasteiger partial charge in [0, 0.05) is 44.0 Å². The molecule has 0 N–H and O–H groups in total. The zero-order valence-corrected chi connectivity index (χ0v) is 13.7. The summed E-state index contributed by atoms with van der Waals surface area (Å²) < 4.78 is 26.7. The highest BCUT2D eigenvalue weighted by molar-refractivity contribution is 7.89. The summed E-state index contributed by atoms with van der Waals surface area (Å²) >= 11 is 0. The van der Waals surface area contributed by atoms with Crippen molar-refractivity contribution in [3.8, 4) is 0 Å². The number of benzene rings is 2. The van der Waals surface area contributed by atoms with Crippen LogP contribution in [-0.2, 0) is 10.0 Å². The van der Waals surface area contributed by atoms with Crippen LogP contribution in [0.15, 0.2) is 59.5 Å². The number of nitro benzene ring substituents is 1. The average Bonchev–Trinajstić information content (AvgIpc) is 2.62. The molecule has 2 aromatic carbocycles. The van der Waals surface area contributed by atoms with Gasteiger partial charge in [0.15, 0.2) is 0 Å². The molecule has 7 nitrogen and oxygen atoms in total. The Balaban J connectivity index is 1.72. The van der Waals surface area contributed by atoms with Gasteiger partial charge in [-0.2, -0.15) is 4.31 Å². The molecule has 0 radical (unpaired) electrons. The molecule has 1 fully saturated rings. The summed E-state index contributed by atoms with van der Waals surface area (Å²) in [4.78, 5) is 12.4. The van der Waals surface area contributed by atoms with Crippen LogP contribution in [0.1, 0.15) is 0 Å². The SMILES string of the molecule is O=[N+]([O-])c1ccc(S(=O)(=O)N2CCN(c3ccccc3)CC2)cc1. The van der Waals surface area contributed by atoms with Crippen LogP contribution in [-0.4, -0.2) is 43.8 Å². The number of piperazine rings is 1. The second kappa shape index (κ2) is 6.58. The van der Waals surface area contributed by atoms with E-state index in [1.54, 1.807) is 0 Å². The molecule has 1 heterocycles. The van der Waals surface area contributed by atoms with Crippen molar-refractivity contribution in [1.82, 2.24) is 4.31 Å². The predicted molar refractivity (Wildman–Crippen MR) is 90.5 cm³/mol. The lowest BCUT2D eigenvalue weighted by Crippen LogP contribution is -2.48. The van der Waals surface area contributed by atoms with Crippen molar-refractivity contribution in [3.05, 3.63) is 64.7 Å². The van der Waals surface area contributed by atoms with E-state index in [-0.39, 0.29) is 10.6 Å². The zero-order valence-electron chi connectivity index (χ0n) is 12.9. The van der Waals surface area contributed by atoms with Crippen molar-refractivity contribution in [2.45, 2.75) is 4.90 Å².